The molecular weight excluding hydrogens is 419 g/mol. The van der Waals surface area contributed by atoms with Crippen molar-refractivity contribution in [2.24, 2.45) is 0 Å². The molecule has 152 valence electrons. The highest BCUT2D eigenvalue weighted by atomic mass is 28.4. The molecule has 0 aromatic heterocycles. The lowest BCUT2D eigenvalue weighted by Crippen LogP contribution is -2.74. The molecule has 0 saturated carbocycles. The van der Waals surface area contributed by atoms with Gasteiger partial charge in [-0.1, -0.05) is 0 Å². The van der Waals surface area contributed by atoms with E-state index in [0.29, 0.717) is 0 Å². The monoisotopic (exact) mass is 426 g/mol. The molecule has 0 aliphatic rings. The van der Waals surface area contributed by atoms with Crippen LogP contribution in [-0.4, -0.2) is 58.6 Å². The lowest BCUT2D eigenvalue weighted by atomic mass is 9.95. The average molecular weight is 426 g/mol. The van der Waals surface area contributed by atoms with Crippen LogP contribution in [0, 0.1) is 0 Å². The molecule has 0 bridgehead atoms. The molecule has 0 aliphatic carbocycles. The van der Waals surface area contributed by atoms with E-state index in [1.165, 1.54) is 0 Å². The van der Waals surface area contributed by atoms with Crippen LogP contribution < -0.4 is 0 Å². The van der Waals surface area contributed by atoms with Gasteiger partial charge in [0.1, 0.15) is 0 Å². The number of hydrogen-bond acceptors (Lipinski definition) is 3. The largest absolute Gasteiger partial charge is 0.574 e. The Bertz CT molecular complexity index is 481. The molecule has 3 N–H and O–H groups in total. The number of rotatable bonds is 7. The lowest BCUT2D eigenvalue weighted by Gasteiger charge is -2.40. The first-order chi connectivity index (χ1) is 10.5. The molecule has 25 heavy (non-hydrogen) atoms. The fraction of sp³-hybridized carbons (Fsp3) is 1.00. The van der Waals surface area contributed by atoms with E-state index in [1.54, 1.807) is 0 Å². The third-order valence-corrected chi connectivity index (χ3v) is 3.94. The van der Waals surface area contributed by atoms with E-state index in [-0.39, 0.29) is 0 Å². The van der Waals surface area contributed by atoms with Crippen molar-refractivity contribution in [3.8, 4) is 0 Å². The molecule has 0 aromatic carbocycles. The van der Waals surface area contributed by atoms with Crippen molar-refractivity contribution < 1.29 is 71.5 Å². The van der Waals surface area contributed by atoms with E-state index >= 15 is 0 Å². The SMILES string of the molecule is O[Si](O)(O)C(F)(F)C(F)(F)C(F)(F)C(F)(F)C(F)(F)CCC(F)(F)F. The average Bonchev–Trinajstić information content (AvgIpc) is 2.33. The summed E-state index contributed by atoms with van der Waals surface area (Å²) in [6.07, 6.45) is -11.6. The smallest absolute Gasteiger partial charge is 0.386 e. The highest BCUT2D eigenvalue weighted by Gasteiger charge is 2.90. The van der Waals surface area contributed by atoms with Gasteiger partial charge >= 0.3 is 44.2 Å². The second kappa shape index (κ2) is 6.12. The maximum atomic E-state index is 13.1. The molecule has 0 radical (unpaired) electrons. The summed E-state index contributed by atoms with van der Waals surface area (Å²) < 4.78 is 165. The second-order valence-electron chi connectivity index (χ2n) is 4.75. The molecule has 0 saturated heterocycles. The molecule has 0 atom stereocenters. The van der Waals surface area contributed by atoms with Gasteiger partial charge in [0.05, 0.1) is 0 Å². The third-order valence-electron chi connectivity index (χ3n) is 2.79. The molecule has 0 fully saturated rings. The van der Waals surface area contributed by atoms with E-state index in [0.717, 1.165) is 0 Å². The summed E-state index contributed by atoms with van der Waals surface area (Å²) in [6, 6.07) is 0. The number of hydrogen-bond donors (Lipinski definition) is 3. The minimum Gasteiger partial charge on any atom is -0.386 e. The van der Waals surface area contributed by atoms with Crippen molar-refractivity contribution >= 4 is 8.80 Å². The third kappa shape index (κ3) is 3.97. The molecule has 0 spiro atoms. The summed E-state index contributed by atoms with van der Waals surface area (Å²) in [5.41, 5.74) is -7.09. The van der Waals surface area contributed by atoms with Crippen LogP contribution in [0.3, 0.4) is 0 Å². The van der Waals surface area contributed by atoms with Crippen LogP contribution in [0.25, 0.3) is 0 Å². The van der Waals surface area contributed by atoms with E-state index in [9.17, 15) is 57.1 Å². The van der Waals surface area contributed by atoms with Gasteiger partial charge in [-0.15, -0.1) is 0 Å². The zero-order valence-electron chi connectivity index (χ0n) is 11.2. The van der Waals surface area contributed by atoms with E-state index < -0.39 is 57.1 Å². The Balaban J connectivity index is 6.03. The minimum absolute atomic E-state index is 2.85. The Morgan fingerprint density at radius 3 is 1.16 bits per heavy atom. The van der Waals surface area contributed by atoms with Crippen LogP contribution in [-0.2, 0) is 0 Å². The molecule has 0 unspecified atom stereocenters. The van der Waals surface area contributed by atoms with Crippen molar-refractivity contribution in [2.75, 3.05) is 0 Å². The van der Waals surface area contributed by atoms with E-state index in [4.69, 9.17) is 14.4 Å². The number of alkyl halides is 13. The summed E-state index contributed by atoms with van der Waals surface area (Å²) in [5, 5.41) is 0. The standard InChI is InChI=1S/C8H7F13O3Si/c9-3(10,1-2-4(11,12)13)5(14,15)6(16,17)7(18,19)8(20,21)25(22,23)24/h22-24H,1-2H2. The Labute approximate surface area is 130 Å². The van der Waals surface area contributed by atoms with Gasteiger partial charge in [-0.05, 0) is 0 Å². The van der Waals surface area contributed by atoms with Crippen LogP contribution in [0.2, 0.25) is 0 Å². The Morgan fingerprint density at radius 1 is 0.520 bits per heavy atom. The molecule has 0 aromatic rings. The maximum absolute atomic E-state index is 13.1. The van der Waals surface area contributed by atoms with Gasteiger partial charge in [0.2, 0.25) is 0 Å². The quantitative estimate of drug-likeness (QED) is 0.434. The molecule has 0 amide bonds. The molecule has 3 nitrogen and oxygen atoms in total. The van der Waals surface area contributed by atoms with Crippen LogP contribution in [0.1, 0.15) is 12.8 Å². The topological polar surface area (TPSA) is 60.7 Å². The minimum atomic E-state index is -7.79. The van der Waals surface area contributed by atoms with Crippen molar-refractivity contribution in [2.45, 2.75) is 48.3 Å². The fourth-order valence-corrected chi connectivity index (χ4v) is 1.87. The normalized spacial score (nSPS) is 16.3. The lowest BCUT2D eigenvalue weighted by molar-refractivity contribution is -0.396. The van der Waals surface area contributed by atoms with Crippen molar-refractivity contribution in [1.29, 1.82) is 0 Å². The zero-order valence-corrected chi connectivity index (χ0v) is 12.2. The van der Waals surface area contributed by atoms with Gasteiger partial charge in [-0.25, -0.2) is 0 Å². The maximum Gasteiger partial charge on any atom is 0.574 e. The van der Waals surface area contributed by atoms with Crippen LogP contribution in [0.4, 0.5) is 57.1 Å². The highest BCUT2D eigenvalue weighted by molar-refractivity contribution is 6.59. The summed E-state index contributed by atoms with van der Waals surface area (Å²) in [5.74, 6) is -29.5. The van der Waals surface area contributed by atoms with Gasteiger partial charge in [0.15, 0.2) is 0 Å². The van der Waals surface area contributed by atoms with Crippen molar-refractivity contribution in [3.63, 3.8) is 0 Å². The van der Waals surface area contributed by atoms with Gasteiger partial charge in [0.25, 0.3) is 0 Å². The van der Waals surface area contributed by atoms with Crippen molar-refractivity contribution in [3.05, 3.63) is 0 Å². The molecule has 0 heterocycles. The Kier molecular flexibility index (Phi) is 5.92. The van der Waals surface area contributed by atoms with Gasteiger partial charge in [0, 0.05) is 12.8 Å². The van der Waals surface area contributed by atoms with Gasteiger partial charge in [-0.3, -0.25) is 0 Å². The van der Waals surface area contributed by atoms with E-state index in [1.807, 2.05) is 0 Å². The predicted octanol–water partition coefficient (Wildman–Crippen LogP) is 2.96. The summed E-state index contributed by atoms with van der Waals surface area (Å²) in [6.45, 7) is 0. The first kappa shape index (κ1) is 24.2. The molecular formula is C8H7F13O3Si. The second-order valence-corrected chi connectivity index (χ2v) is 6.65. The fourth-order valence-electron chi connectivity index (χ4n) is 1.29. The summed E-state index contributed by atoms with van der Waals surface area (Å²) >= 11 is 0. The zero-order chi connectivity index (χ0) is 20.9. The first-order valence-electron chi connectivity index (χ1n) is 5.58. The van der Waals surface area contributed by atoms with E-state index in [2.05, 4.69) is 0 Å². The number of halogens is 13. The summed E-state index contributed by atoms with van der Waals surface area (Å²) in [7, 11) is -7.64. The molecule has 0 aliphatic heterocycles. The van der Waals surface area contributed by atoms with Crippen LogP contribution in [0.5, 0.6) is 0 Å². The molecule has 0 rings (SSSR count). The van der Waals surface area contributed by atoms with Crippen molar-refractivity contribution in [1.82, 2.24) is 0 Å². The highest BCUT2D eigenvalue weighted by Crippen LogP contribution is 2.58. The first-order valence-corrected chi connectivity index (χ1v) is 7.43. The molecule has 17 heteroatoms. The van der Waals surface area contributed by atoms with Gasteiger partial charge in [-0.2, -0.15) is 57.1 Å². The van der Waals surface area contributed by atoms with Crippen LogP contribution >= 0.6 is 0 Å². The van der Waals surface area contributed by atoms with Gasteiger partial charge < -0.3 is 14.4 Å². The Morgan fingerprint density at radius 2 is 0.880 bits per heavy atom. The predicted molar refractivity (Wildman–Crippen MR) is 52.4 cm³/mol. The van der Waals surface area contributed by atoms with Crippen LogP contribution in [0.15, 0.2) is 0 Å². The Hall–Kier alpha value is -0.813. The summed E-state index contributed by atoms with van der Waals surface area (Å²) in [4.78, 5) is 24.1.